The summed E-state index contributed by atoms with van der Waals surface area (Å²) in [4.78, 5) is 13.1. The van der Waals surface area contributed by atoms with Crippen LogP contribution in [0.2, 0.25) is 0 Å². The average molecular weight is 242 g/mol. The first kappa shape index (κ1) is 12.8. The molecule has 16 heavy (non-hydrogen) atoms. The van der Waals surface area contributed by atoms with E-state index in [9.17, 15) is 4.79 Å². The van der Waals surface area contributed by atoms with Gasteiger partial charge in [0.15, 0.2) is 0 Å². The lowest BCUT2D eigenvalue weighted by atomic mass is 10.1. The maximum absolute atomic E-state index is 11.4. The third-order valence-electron chi connectivity index (χ3n) is 2.69. The third kappa shape index (κ3) is 2.89. The molecule has 88 valence electrons. The van der Waals surface area contributed by atoms with Gasteiger partial charge < -0.3 is 9.64 Å². The Morgan fingerprint density at radius 3 is 2.44 bits per heavy atom. The van der Waals surface area contributed by atoms with Gasteiger partial charge in [0.25, 0.3) is 0 Å². The fourth-order valence-electron chi connectivity index (χ4n) is 1.42. The van der Waals surface area contributed by atoms with Gasteiger partial charge in [-0.2, -0.15) is 0 Å². The van der Waals surface area contributed by atoms with Crippen LogP contribution in [0, 0.1) is 0 Å². The molecular formula is C12H16ClNO2. The van der Waals surface area contributed by atoms with Crippen molar-refractivity contribution in [3.8, 4) is 5.75 Å². The van der Waals surface area contributed by atoms with Gasteiger partial charge in [0.1, 0.15) is 11.6 Å². The van der Waals surface area contributed by atoms with E-state index in [4.69, 9.17) is 16.3 Å². The van der Waals surface area contributed by atoms with Gasteiger partial charge >= 0.3 is 0 Å². The first-order valence-electron chi connectivity index (χ1n) is 5.05. The van der Waals surface area contributed by atoms with E-state index in [1.807, 2.05) is 31.2 Å². The maximum Gasteiger partial charge on any atom is 0.237 e. The molecule has 0 aromatic heterocycles. The molecule has 4 heteroatoms. The van der Waals surface area contributed by atoms with Crippen molar-refractivity contribution in [2.75, 3.05) is 20.0 Å². The molecule has 1 rings (SSSR count). The SMILES string of the molecule is COc1ccc([C@@H](C)N(C)C(=O)CCl)cc1. The van der Waals surface area contributed by atoms with Crippen LogP contribution in [0.3, 0.4) is 0 Å². The molecule has 0 bridgehead atoms. The van der Waals surface area contributed by atoms with Crippen molar-refractivity contribution in [3.05, 3.63) is 29.8 Å². The van der Waals surface area contributed by atoms with Crippen LogP contribution in [-0.4, -0.2) is 30.8 Å². The molecule has 1 aromatic rings. The second-order valence-corrected chi connectivity index (χ2v) is 3.85. The van der Waals surface area contributed by atoms with Crippen molar-refractivity contribution < 1.29 is 9.53 Å². The van der Waals surface area contributed by atoms with Crippen LogP contribution in [0.25, 0.3) is 0 Å². The Labute approximate surface area is 101 Å². The number of carbonyl (C=O) groups is 1. The zero-order chi connectivity index (χ0) is 12.1. The highest BCUT2D eigenvalue weighted by molar-refractivity contribution is 6.27. The van der Waals surface area contributed by atoms with E-state index in [1.54, 1.807) is 19.1 Å². The van der Waals surface area contributed by atoms with E-state index in [-0.39, 0.29) is 17.8 Å². The number of nitrogens with zero attached hydrogens (tertiary/aromatic N) is 1. The lowest BCUT2D eigenvalue weighted by molar-refractivity contribution is -0.129. The van der Waals surface area contributed by atoms with Crippen molar-refractivity contribution in [1.29, 1.82) is 0 Å². The molecule has 0 aliphatic heterocycles. The lowest BCUT2D eigenvalue weighted by Gasteiger charge is -2.24. The summed E-state index contributed by atoms with van der Waals surface area (Å²) in [5, 5.41) is 0. The van der Waals surface area contributed by atoms with Crippen molar-refractivity contribution in [2.45, 2.75) is 13.0 Å². The number of halogens is 1. The molecule has 0 unspecified atom stereocenters. The van der Waals surface area contributed by atoms with E-state index in [2.05, 4.69) is 0 Å². The molecule has 1 amide bonds. The number of hydrogen-bond donors (Lipinski definition) is 0. The molecular weight excluding hydrogens is 226 g/mol. The van der Waals surface area contributed by atoms with Crippen LogP contribution in [0.1, 0.15) is 18.5 Å². The molecule has 0 aliphatic rings. The Morgan fingerprint density at radius 2 is 2.00 bits per heavy atom. The highest BCUT2D eigenvalue weighted by Gasteiger charge is 2.16. The van der Waals surface area contributed by atoms with Crippen LogP contribution in [0.5, 0.6) is 5.75 Å². The molecule has 3 nitrogen and oxygen atoms in total. The molecule has 0 fully saturated rings. The smallest absolute Gasteiger partial charge is 0.237 e. The van der Waals surface area contributed by atoms with Gasteiger partial charge in [0.2, 0.25) is 5.91 Å². The Bertz CT molecular complexity index is 351. The van der Waals surface area contributed by atoms with Crippen molar-refractivity contribution >= 4 is 17.5 Å². The van der Waals surface area contributed by atoms with Crippen LogP contribution in [0.4, 0.5) is 0 Å². The van der Waals surface area contributed by atoms with E-state index in [0.29, 0.717) is 0 Å². The van der Waals surface area contributed by atoms with Gasteiger partial charge in [0.05, 0.1) is 13.2 Å². The summed E-state index contributed by atoms with van der Waals surface area (Å²) in [6.45, 7) is 1.96. The minimum absolute atomic E-state index is 0.0109. The van der Waals surface area contributed by atoms with E-state index in [1.165, 1.54) is 0 Å². The number of alkyl halides is 1. The van der Waals surface area contributed by atoms with Crippen LogP contribution in [0.15, 0.2) is 24.3 Å². The van der Waals surface area contributed by atoms with E-state index in [0.717, 1.165) is 11.3 Å². The first-order chi connectivity index (χ1) is 7.60. The third-order valence-corrected chi connectivity index (χ3v) is 2.92. The van der Waals surface area contributed by atoms with Gasteiger partial charge in [-0.25, -0.2) is 0 Å². The summed E-state index contributed by atoms with van der Waals surface area (Å²) >= 11 is 5.51. The van der Waals surface area contributed by atoms with E-state index < -0.39 is 0 Å². The summed E-state index contributed by atoms with van der Waals surface area (Å²) in [7, 11) is 3.38. The zero-order valence-corrected chi connectivity index (χ0v) is 10.5. The predicted octanol–water partition coefficient (Wildman–Crippen LogP) is 2.45. The predicted molar refractivity (Wildman–Crippen MR) is 64.9 cm³/mol. The molecule has 0 heterocycles. The Morgan fingerprint density at radius 1 is 1.44 bits per heavy atom. The summed E-state index contributed by atoms with van der Waals surface area (Å²) in [5.74, 6) is 0.740. The number of methoxy groups -OCH3 is 1. The van der Waals surface area contributed by atoms with Gasteiger partial charge in [-0.1, -0.05) is 12.1 Å². The fraction of sp³-hybridized carbons (Fsp3) is 0.417. The van der Waals surface area contributed by atoms with E-state index >= 15 is 0 Å². The number of ether oxygens (including phenoxy) is 1. The number of rotatable bonds is 4. The minimum atomic E-state index is -0.0787. The Kier molecular flexibility index (Phi) is 4.62. The second-order valence-electron chi connectivity index (χ2n) is 3.59. The maximum atomic E-state index is 11.4. The number of benzene rings is 1. The van der Waals surface area contributed by atoms with Gasteiger partial charge in [-0.3, -0.25) is 4.79 Å². The molecule has 0 spiro atoms. The lowest BCUT2D eigenvalue weighted by Crippen LogP contribution is -2.30. The highest BCUT2D eigenvalue weighted by Crippen LogP contribution is 2.21. The molecule has 0 saturated heterocycles. The largest absolute Gasteiger partial charge is 0.497 e. The topological polar surface area (TPSA) is 29.5 Å². The molecule has 0 saturated carbocycles. The summed E-state index contributed by atoms with van der Waals surface area (Å²) < 4.78 is 5.08. The molecule has 0 aliphatic carbocycles. The zero-order valence-electron chi connectivity index (χ0n) is 9.74. The summed E-state index contributed by atoms with van der Waals surface area (Å²) in [6, 6.07) is 7.66. The normalized spacial score (nSPS) is 12.0. The average Bonchev–Trinajstić information content (AvgIpc) is 2.36. The Hall–Kier alpha value is -1.22. The summed E-state index contributed by atoms with van der Waals surface area (Å²) in [6.07, 6.45) is 0. The molecule has 1 atom stereocenters. The van der Waals surface area contributed by atoms with Gasteiger partial charge in [-0.15, -0.1) is 11.6 Å². The summed E-state index contributed by atoms with van der Waals surface area (Å²) in [5.41, 5.74) is 1.06. The standard InChI is InChI=1S/C12H16ClNO2/c1-9(14(2)12(15)8-13)10-4-6-11(16-3)7-5-10/h4-7,9H,8H2,1-3H3/t9-/m1/s1. The van der Waals surface area contributed by atoms with Gasteiger partial charge in [0, 0.05) is 7.05 Å². The molecule has 0 radical (unpaired) electrons. The van der Waals surface area contributed by atoms with Crippen molar-refractivity contribution in [1.82, 2.24) is 4.90 Å². The quantitative estimate of drug-likeness (QED) is 0.758. The minimum Gasteiger partial charge on any atom is -0.497 e. The Balaban J connectivity index is 2.79. The van der Waals surface area contributed by atoms with Crippen molar-refractivity contribution in [2.24, 2.45) is 0 Å². The molecule has 1 aromatic carbocycles. The molecule has 0 N–H and O–H groups in total. The van der Waals surface area contributed by atoms with Crippen LogP contribution < -0.4 is 4.74 Å². The monoisotopic (exact) mass is 241 g/mol. The van der Waals surface area contributed by atoms with Gasteiger partial charge in [-0.05, 0) is 24.6 Å². The highest BCUT2D eigenvalue weighted by atomic mass is 35.5. The fourth-order valence-corrected chi connectivity index (χ4v) is 1.60. The van der Waals surface area contributed by atoms with Crippen LogP contribution in [-0.2, 0) is 4.79 Å². The van der Waals surface area contributed by atoms with Crippen molar-refractivity contribution in [3.63, 3.8) is 0 Å². The number of amides is 1. The second kappa shape index (κ2) is 5.75. The van der Waals surface area contributed by atoms with Crippen LogP contribution >= 0.6 is 11.6 Å². The number of hydrogen-bond acceptors (Lipinski definition) is 2. The number of carbonyl (C=O) groups excluding carboxylic acids is 1. The first-order valence-corrected chi connectivity index (χ1v) is 5.59.